The van der Waals surface area contributed by atoms with Crippen molar-refractivity contribution < 1.29 is 0 Å². The highest BCUT2D eigenvalue weighted by Crippen LogP contribution is 2.33. The Balaban J connectivity index is 2.25. The summed E-state index contributed by atoms with van der Waals surface area (Å²) in [5.41, 5.74) is 10.3. The van der Waals surface area contributed by atoms with Gasteiger partial charge in [0.2, 0.25) is 0 Å². The fourth-order valence-corrected chi connectivity index (χ4v) is 2.54. The van der Waals surface area contributed by atoms with Gasteiger partial charge in [0.15, 0.2) is 0 Å². The molecule has 0 amide bonds. The van der Waals surface area contributed by atoms with Crippen LogP contribution in [0.4, 0.5) is 5.69 Å². The third kappa shape index (κ3) is 2.23. The van der Waals surface area contributed by atoms with Crippen molar-refractivity contribution in [3.63, 3.8) is 0 Å². The van der Waals surface area contributed by atoms with E-state index >= 15 is 0 Å². The molecule has 0 radical (unpaired) electrons. The molecule has 4 heteroatoms. The lowest BCUT2D eigenvalue weighted by Crippen LogP contribution is -1.98. The van der Waals surface area contributed by atoms with Crippen molar-refractivity contribution >= 4 is 16.6 Å². The quantitative estimate of drug-likeness (QED) is 0.725. The van der Waals surface area contributed by atoms with Crippen molar-refractivity contribution in [3.05, 3.63) is 48.4 Å². The third-order valence-electron chi connectivity index (χ3n) is 3.60. The highest BCUT2D eigenvalue weighted by Gasteiger charge is 2.12. The third-order valence-corrected chi connectivity index (χ3v) is 3.60. The number of nitrogen functional groups attached to an aromatic ring is 1. The fraction of sp³-hybridized carbons (Fsp3) is 0.176. The van der Waals surface area contributed by atoms with Crippen molar-refractivity contribution in [1.29, 1.82) is 5.26 Å². The molecule has 2 N–H and O–H groups in total. The zero-order valence-electron chi connectivity index (χ0n) is 12.0. The van der Waals surface area contributed by atoms with E-state index in [1.165, 1.54) is 0 Å². The molecule has 0 bridgehead atoms. The average molecular weight is 276 g/mol. The number of rotatable bonds is 2. The topological polar surface area (TPSA) is 67.6 Å². The largest absolute Gasteiger partial charge is 0.399 e. The van der Waals surface area contributed by atoms with Crippen molar-refractivity contribution in [2.75, 3.05) is 5.73 Å². The van der Waals surface area contributed by atoms with E-state index in [1.54, 1.807) is 12.3 Å². The van der Waals surface area contributed by atoms with Crippen LogP contribution in [-0.2, 0) is 0 Å². The Kier molecular flexibility index (Phi) is 3.11. The Bertz CT molecular complexity index is 836. The van der Waals surface area contributed by atoms with E-state index in [0.717, 1.165) is 27.7 Å². The first-order valence-electron chi connectivity index (χ1n) is 6.86. The number of hydrogen-bond acceptors (Lipinski definition) is 3. The summed E-state index contributed by atoms with van der Waals surface area (Å²) in [7, 11) is 0. The number of fused-ring (bicyclic) bond motifs is 1. The second kappa shape index (κ2) is 4.95. The number of anilines is 1. The first kappa shape index (κ1) is 13.2. The molecule has 1 aromatic carbocycles. The average Bonchev–Trinajstić information content (AvgIpc) is 2.86. The van der Waals surface area contributed by atoms with Gasteiger partial charge in [-0.25, -0.2) is 4.98 Å². The van der Waals surface area contributed by atoms with E-state index in [9.17, 15) is 0 Å². The number of nitrogens with two attached hydrogens (primary N) is 1. The molecule has 0 spiro atoms. The molecule has 0 aliphatic rings. The van der Waals surface area contributed by atoms with Gasteiger partial charge < -0.3 is 10.3 Å². The number of pyridine rings is 1. The highest BCUT2D eigenvalue weighted by molar-refractivity contribution is 5.97. The predicted molar refractivity (Wildman–Crippen MR) is 84.7 cm³/mol. The monoisotopic (exact) mass is 276 g/mol. The SMILES string of the molecule is CC(C)n1cc(-c2ccc(C#N)nc2)c2ccc(N)cc21. The second-order valence-electron chi connectivity index (χ2n) is 5.36. The zero-order chi connectivity index (χ0) is 15.0. The van der Waals surface area contributed by atoms with Crippen LogP contribution in [0.1, 0.15) is 25.6 Å². The smallest absolute Gasteiger partial charge is 0.140 e. The molecule has 2 aromatic heterocycles. The van der Waals surface area contributed by atoms with E-state index in [0.29, 0.717) is 11.7 Å². The minimum atomic E-state index is 0.342. The number of nitriles is 1. The first-order chi connectivity index (χ1) is 10.1. The molecule has 21 heavy (non-hydrogen) atoms. The van der Waals surface area contributed by atoms with Gasteiger partial charge in [0.25, 0.3) is 0 Å². The summed E-state index contributed by atoms with van der Waals surface area (Å²) < 4.78 is 2.21. The predicted octanol–water partition coefficient (Wildman–Crippen LogP) is 3.74. The normalized spacial score (nSPS) is 11.0. The zero-order valence-corrected chi connectivity index (χ0v) is 12.0. The lowest BCUT2D eigenvalue weighted by Gasteiger charge is -2.09. The summed E-state index contributed by atoms with van der Waals surface area (Å²) in [6.45, 7) is 4.28. The minimum absolute atomic E-state index is 0.342. The molecule has 0 saturated carbocycles. The Morgan fingerprint density at radius 1 is 1.24 bits per heavy atom. The molecule has 0 fully saturated rings. The second-order valence-corrected chi connectivity index (χ2v) is 5.36. The molecule has 0 saturated heterocycles. The lowest BCUT2D eigenvalue weighted by molar-refractivity contribution is 0.623. The number of hydrogen-bond donors (Lipinski definition) is 1. The molecule has 0 atom stereocenters. The molecule has 0 unspecified atom stereocenters. The van der Waals surface area contributed by atoms with Crippen molar-refractivity contribution in [2.24, 2.45) is 0 Å². The van der Waals surface area contributed by atoms with E-state index in [-0.39, 0.29) is 0 Å². The summed E-state index contributed by atoms with van der Waals surface area (Å²) in [6.07, 6.45) is 3.87. The molecule has 3 aromatic rings. The number of nitrogens with zero attached hydrogens (tertiary/aromatic N) is 3. The van der Waals surface area contributed by atoms with Gasteiger partial charge in [-0.15, -0.1) is 0 Å². The van der Waals surface area contributed by atoms with Crippen molar-refractivity contribution in [2.45, 2.75) is 19.9 Å². The molecular weight excluding hydrogens is 260 g/mol. The maximum Gasteiger partial charge on any atom is 0.140 e. The molecule has 0 aliphatic heterocycles. The standard InChI is InChI=1S/C17H16N4/c1-11(2)21-10-16(12-3-5-14(8-18)20-9-12)15-6-4-13(19)7-17(15)21/h3-7,9-11H,19H2,1-2H3. The Hall–Kier alpha value is -2.80. The minimum Gasteiger partial charge on any atom is -0.399 e. The van der Waals surface area contributed by atoms with Gasteiger partial charge in [0.05, 0.1) is 5.52 Å². The van der Waals surface area contributed by atoms with Gasteiger partial charge in [-0.05, 0) is 38.1 Å². The van der Waals surface area contributed by atoms with Crippen molar-refractivity contribution in [3.8, 4) is 17.2 Å². The van der Waals surface area contributed by atoms with E-state index in [1.807, 2.05) is 30.3 Å². The Morgan fingerprint density at radius 3 is 2.67 bits per heavy atom. The van der Waals surface area contributed by atoms with Crippen molar-refractivity contribution in [1.82, 2.24) is 9.55 Å². The molecular formula is C17H16N4. The van der Waals surface area contributed by atoms with E-state index in [2.05, 4.69) is 29.6 Å². The van der Waals surface area contributed by atoms with Crippen LogP contribution in [0.3, 0.4) is 0 Å². The fourth-order valence-electron chi connectivity index (χ4n) is 2.54. The van der Waals surface area contributed by atoms with Crippen LogP contribution >= 0.6 is 0 Å². The molecule has 2 heterocycles. The van der Waals surface area contributed by atoms with Crippen LogP contribution in [0.25, 0.3) is 22.0 Å². The van der Waals surface area contributed by atoms with Gasteiger partial charge in [-0.2, -0.15) is 5.26 Å². The van der Waals surface area contributed by atoms with Crippen LogP contribution in [0.15, 0.2) is 42.7 Å². The van der Waals surface area contributed by atoms with Crippen LogP contribution in [-0.4, -0.2) is 9.55 Å². The van der Waals surface area contributed by atoms with Gasteiger partial charge in [0.1, 0.15) is 11.8 Å². The molecule has 4 nitrogen and oxygen atoms in total. The van der Waals surface area contributed by atoms with Crippen LogP contribution < -0.4 is 5.73 Å². The molecule has 3 rings (SSSR count). The Morgan fingerprint density at radius 2 is 2.05 bits per heavy atom. The van der Waals surface area contributed by atoms with Crippen LogP contribution in [0, 0.1) is 11.3 Å². The van der Waals surface area contributed by atoms with Gasteiger partial charge in [0, 0.05) is 40.6 Å². The molecule has 104 valence electrons. The summed E-state index contributed by atoms with van der Waals surface area (Å²) in [5.74, 6) is 0. The Labute approximate surface area is 123 Å². The maximum absolute atomic E-state index is 8.85. The number of benzene rings is 1. The van der Waals surface area contributed by atoms with Crippen LogP contribution in [0.2, 0.25) is 0 Å². The molecule has 0 aliphatic carbocycles. The maximum atomic E-state index is 8.85. The lowest BCUT2D eigenvalue weighted by atomic mass is 10.1. The van der Waals surface area contributed by atoms with Gasteiger partial charge in [-0.3, -0.25) is 0 Å². The first-order valence-corrected chi connectivity index (χ1v) is 6.86. The summed E-state index contributed by atoms with van der Waals surface area (Å²) in [5, 5.41) is 9.99. The van der Waals surface area contributed by atoms with E-state index < -0.39 is 0 Å². The van der Waals surface area contributed by atoms with E-state index in [4.69, 9.17) is 11.0 Å². The van der Waals surface area contributed by atoms with Gasteiger partial charge >= 0.3 is 0 Å². The summed E-state index contributed by atoms with van der Waals surface area (Å²) in [6, 6.07) is 12.0. The van der Waals surface area contributed by atoms with Gasteiger partial charge in [-0.1, -0.05) is 6.07 Å². The highest BCUT2D eigenvalue weighted by atomic mass is 15.0. The summed E-state index contributed by atoms with van der Waals surface area (Å²) >= 11 is 0. The summed E-state index contributed by atoms with van der Waals surface area (Å²) in [4.78, 5) is 4.16. The van der Waals surface area contributed by atoms with Crippen LogP contribution in [0.5, 0.6) is 0 Å². The number of aromatic nitrogens is 2.